The number of likely N-dealkylation sites (tertiary alicyclic amines) is 1. The van der Waals surface area contributed by atoms with E-state index in [1.165, 1.54) is 0 Å². The molecule has 1 fully saturated rings. The Kier molecular flexibility index (Phi) is 4.62. The van der Waals surface area contributed by atoms with Crippen LogP contribution in [0.25, 0.3) is 11.3 Å². The molecule has 0 spiro atoms. The van der Waals surface area contributed by atoms with Crippen molar-refractivity contribution in [2.75, 3.05) is 13.1 Å². The van der Waals surface area contributed by atoms with Crippen LogP contribution in [0, 0.1) is 6.92 Å². The first-order valence-electron chi connectivity index (χ1n) is 8.86. The lowest BCUT2D eigenvalue weighted by atomic mass is 10.1. The van der Waals surface area contributed by atoms with Gasteiger partial charge in [-0.25, -0.2) is 4.68 Å². The van der Waals surface area contributed by atoms with Gasteiger partial charge >= 0.3 is 0 Å². The van der Waals surface area contributed by atoms with Crippen molar-refractivity contribution >= 4 is 0 Å². The van der Waals surface area contributed by atoms with Crippen LogP contribution in [0.5, 0.6) is 0 Å². The van der Waals surface area contributed by atoms with E-state index in [1.807, 2.05) is 30.3 Å². The molecule has 0 N–H and O–H groups in total. The van der Waals surface area contributed by atoms with Crippen molar-refractivity contribution in [1.29, 1.82) is 0 Å². The SMILES string of the molecule is Cc1nc(CN2CCC(n3nc(-c4ccccc4)ccc3=O)CC2)no1. The van der Waals surface area contributed by atoms with Gasteiger partial charge in [-0.15, -0.1) is 0 Å². The van der Waals surface area contributed by atoms with Crippen molar-refractivity contribution in [3.63, 3.8) is 0 Å². The Hall–Kier alpha value is -2.80. The highest BCUT2D eigenvalue weighted by Crippen LogP contribution is 2.22. The fraction of sp³-hybridized carbons (Fsp3) is 0.368. The number of nitrogens with zero attached hydrogens (tertiary/aromatic N) is 5. The summed E-state index contributed by atoms with van der Waals surface area (Å²) in [7, 11) is 0. The largest absolute Gasteiger partial charge is 0.340 e. The molecule has 1 aliphatic rings. The van der Waals surface area contributed by atoms with Crippen molar-refractivity contribution in [3.8, 4) is 11.3 Å². The molecule has 0 unspecified atom stereocenters. The lowest BCUT2D eigenvalue weighted by Gasteiger charge is -2.31. The number of aromatic nitrogens is 4. The van der Waals surface area contributed by atoms with E-state index < -0.39 is 0 Å². The van der Waals surface area contributed by atoms with Gasteiger partial charge in [0.05, 0.1) is 18.3 Å². The summed E-state index contributed by atoms with van der Waals surface area (Å²) in [6.07, 6.45) is 1.75. The predicted octanol–water partition coefficient (Wildman–Crippen LogP) is 2.44. The number of aryl methyl sites for hydroxylation is 1. The zero-order chi connectivity index (χ0) is 17.9. The number of hydrogen-bond donors (Lipinski definition) is 0. The van der Waals surface area contributed by atoms with Gasteiger partial charge < -0.3 is 4.52 Å². The molecule has 3 heterocycles. The highest BCUT2D eigenvalue weighted by molar-refractivity contribution is 5.57. The van der Waals surface area contributed by atoms with Crippen LogP contribution in [-0.4, -0.2) is 37.9 Å². The molecule has 7 nitrogen and oxygen atoms in total. The second kappa shape index (κ2) is 7.21. The molecule has 1 aliphatic heterocycles. The van der Waals surface area contributed by atoms with Gasteiger partial charge in [-0.3, -0.25) is 9.69 Å². The van der Waals surface area contributed by atoms with Gasteiger partial charge in [-0.05, 0) is 18.9 Å². The molecule has 26 heavy (non-hydrogen) atoms. The zero-order valence-electron chi connectivity index (χ0n) is 14.7. The third-order valence-corrected chi connectivity index (χ3v) is 4.73. The second-order valence-corrected chi connectivity index (χ2v) is 6.60. The van der Waals surface area contributed by atoms with E-state index in [-0.39, 0.29) is 11.6 Å². The molecule has 2 aromatic heterocycles. The van der Waals surface area contributed by atoms with Gasteiger partial charge in [0.2, 0.25) is 5.89 Å². The number of hydrogen-bond acceptors (Lipinski definition) is 6. The van der Waals surface area contributed by atoms with Crippen LogP contribution in [0.1, 0.15) is 30.6 Å². The van der Waals surface area contributed by atoms with Gasteiger partial charge in [-0.2, -0.15) is 10.1 Å². The maximum Gasteiger partial charge on any atom is 0.267 e. The van der Waals surface area contributed by atoms with Crippen molar-refractivity contribution in [1.82, 2.24) is 24.8 Å². The van der Waals surface area contributed by atoms with E-state index in [2.05, 4.69) is 20.1 Å². The van der Waals surface area contributed by atoms with Crippen LogP contribution in [0.2, 0.25) is 0 Å². The molecule has 0 radical (unpaired) electrons. The first-order valence-corrected chi connectivity index (χ1v) is 8.86. The maximum absolute atomic E-state index is 12.3. The molecule has 0 saturated carbocycles. The van der Waals surface area contributed by atoms with Crippen molar-refractivity contribution in [2.45, 2.75) is 32.4 Å². The Morgan fingerprint density at radius 3 is 2.58 bits per heavy atom. The van der Waals surface area contributed by atoms with Crippen molar-refractivity contribution in [3.05, 3.63) is 64.5 Å². The third kappa shape index (κ3) is 3.57. The topological polar surface area (TPSA) is 77.1 Å². The normalized spacial score (nSPS) is 16.0. The highest BCUT2D eigenvalue weighted by Gasteiger charge is 2.23. The van der Waals surface area contributed by atoms with Crippen LogP contribution in [0.4, 0.5) is 0 Å². The van der Waals surface area contributed by atoms with E-state index in [0.29, 0.717) is 18.3 Å². The standard InChI is InChI=1S/C19H21N5O2/c1-14-20-18(22-26-14)13-23-11-9-16(10-12-23)24-19(25)8-7-17(21-24)15-5-3-2-4-6-15/h2-8,16H,9-13H2,1H3. The summed E-state index contributed by atoms with van der Waals surface area (Å²) in [5.74, 6) is 1.30. The summed E-state index contributed by atoms with van der Waals surface area (Å²) in [4.78, 5) is 18.9. The molecule has 7 heteroatoms. The number of piperidine rings is 1. The molecular formula is C19H21N5O2. The van der Waals surface area contributed by atoms with E-state index in [4.69, 9.17) is 4.52 Å². The monoisotopic (exact) mass is 351 g/mol. The molecule has 1 saturated heterocycles. The molecule has 3 aromatic rings. The van der Waals surface area contributed by atoms with Gasteiger partial charge in [0.1, 0.15) is 0 Å². The first-order chi connectivity index (χ1) is 12.7. The van der Waals surface area contributed by atoms with E-state index >= 15 is 0 Å². The fourth-order valence-electron chi connectivity index (χ4n) is 3.38. The second-order valence-electron chi connectivity index (χ2n) is 6.60. The van der Waals surface area contributed by atoms with Gasteiger partial charge in [0.25, 0.3) is 5.56 Å². The number of rotatable bonds is 4. The van der Waals surface area contributed by atoms with Crippen molar-refractivity contribution in [2.24, 2.45) is 0 Å². The summed E-state index contributed by atoms with van der Waals surface area (Å²) < 4.78 is 6.68. The van der Waals surface area contributed by atoms with E-state index in [9.17, 15) is 4.79 Å². The van der Waals surface area contributed by atoms with Gasteiger partial charge in [0, 0.05) is 31.6 Å². The minimum atomic E-state index is -0.0445. The predicted molar refractivity (Wildman–Crippen MR) is 96.5 cm³/mol. The summed E-state index contributed by atoms with van der Waals surface area (Å²) in [6, 6.07) is 13.5. The van der Waals surface area contributed by atoms with Gasteiger partial charge in [-0.1, -0.05) is 35.5 Å². The van der Waals surface area contributed by atoms with E-state index in [1.54, 1.807) is 23.7 Å². The Balaban J connectivity index is 1.46. The van der Waals surface area contributed by atoms with Crippen LogP contribution in [-0.2, 0) is 6.54 Å². The summed E-state index contributed by atoms with van der Waals surface area (Å²) in [5, 5.41) is 8.58. The third-order valence-electron chi connectivity index (χ3n) is 4.73. The Bertz CT molecular complexity index is 926. The Morgan fingerprint density at radius 2 is 1.88 bits per heavy atom. The number of benzene rings is 1. The minimum absolute atomic E-state index is 0.0445. The molecule has 0 aliphatic carbocycles. The lowest BCUT2D eigenvalue weighted by molar-refractivity contribution is 0.166. The molecule has 0 atom stereocenters. The Morgan fingerprint density at radius 1 is 1.12 bits per heavy atom. The summed E-state index contributed by atoms with van der Waals surface area (Å²) in [5.41, 5.74) is 1.80. The molecular weight excluding hydrogens is 330 g/mol. The molecule has 0 bridgehead atoms. The molecule has 0 amide bonds. The smallest absolute Gasteiger partial charge is 0.267 e. The summed E-state index contributed by atoms with van der Waals surface area (Å²) >= 11 is 0. The van der Waals surface area contributed by atoms with Crippen LogP contribution in [0.3, 0.4) is 0 Å². The fourth-order valence-corrected chi connectivity index (χ4v) is 3.38. The average Bonchev–Trinajstić information content (AvgIpc) is 3.08. The molecule has 4 rings (SSSR count). The average molecular weight is 351 g/mol. The first kappa shape index (κ1) is 16.7. The quantitative estimate of drug-likeness (QED) is 0.718. The van der Waals surface area contributed by atoms with Crippen LogP contribution < -0.4 is 5.56 Å². The van der Waals surface area contributed by atoms with Crippen LogP contribution in [0.15, 0.2) is 51.8 Å². The zero-order valence-corrected chi connectivity index (χ0v) is 14.7. The minimum Gasteiger partial charge on any atom is -0.340 e. The summed E-state index contributed by atoms with van der Waals surface area (Å²) in [6.45, 7) is 4.22. The molecule has 1 aromatic carbocycles. The Labute approximate surface area is 151 Å². The maximum atomic E-state index is 12.3. The van der Waals surface area contributed by atoms with Crippen LogP contribution >= 0.6 is 0 Å². The van der Waals surface area contributed by atoms with Gasteiger partial charge in [0.15, 0.2) is 5.82 Å². The lowest BCUT2D eigenvalue weighted by Crippen LogP contribution is -2.38. The molecule has 134 valence electrons. The highest BCUT2D eigenvalue weighted by atomic mass is 16.5. The van der Waals surface area contributed by atoms with Crippen molar-refractivity contribution < 1.29 is 4.52 Å². The van der Waals surface area contributed by atoms with E-state index in [0.717, 1.165) is 37.2 Å².